The summed E-state index contributed by atoms with van der Waals surface area (Å²) >= 11 is 12.2. The lowest BCUT2D eigenvalue weighted by Gasteiger charge is -2.18. The van der Waals surface area contributed by atoms with Crippen LogP contribution in [0.4, 0.5) is 0 Å². The lowest BCUT2D eigenvalue weighted by molar-refractivity contribution is 0.368. The zero-order valence-electron chi connectivity index (χ0n) is 11.5. The summed E-state index contributed by atoms with van der Waals surface area (Å²) in [6.07, 6.45) is 1.63. The Hall–Kier alpha value is -1.10. The Bertz CT molecular complexity index is 571. The molecule has 1 aromatic carbocycles. The standard InChI is InChI=1S/C14H17Cl2N3O/c1-3-13(11-5-4-10(15)8-12(11)16)17-7-6-14-18-9(2)19-20-14/h4-5,8,13,17H,3,6-7H2,1-2H3. The van der Waals surface area contributed by atoms with Crippen LogP contribution in [0.25, 0.3) is 0 Å². The van der Waals surface area contributed by atoms with Gasteiger partial charge in [0.05, 0.1) is 0 Å². The lowest BCUT2D eigenvalue weighted by atomic mass is 10.0. The first kappa shape index (κ1) is 15.3. The van der Waals surface area contributed by atoms with Crippen molar-refractivity contribution in [1.29, 1.82) is 0 Å². The summed E-state index contributed by atoms with van der Waals surface area (Å²) in [5.74, 6) is 1.31. The molecule has 0 radical (unpaired) electrons. The molecule has 1 heterocycles. The number of aryl methyl sites for hydroxylation is 1. The van der Waals surface area contributed by atoms with E-state index in [0.29, 0.717) is 28.2 Å². The van der Waals surface area contributed by atoms with E-state index in [9.17, 15) is 0 Å². The first-order chi connectivity index (χ1) is 9.60. The summed E-state index contributed by atoms with van der Waals surface area (Å²) in [6.45, 7) is 4.67. The Morgan fingerprint density at radius 2 is 2.15 bits per heavy atom. The van der Waals surface area contributed by atoms with Gasteiger partial charge in [0.25, 0.3) is 0 Å². The van der Waals surface area contributed by atoms with Crippen LogP contribution in [0.5, 0.6) is 0 Å². The van der Waals surface area contributed by atoms with E-state index in [1.165, 1.54) is 0 Å². The molecule has 0 aliphatic heterocycles. The van der Waals surface area contributed by atoms with E-state index in [2.05, 4.69) is 22.4 Å². The molecule has 1 unspecified atom stereocenters. The highest BCUT2D eigenvalue weighted by Gasteiger charge is 2.13. The third kappa shape index (κ3) is 3.95. The van der Waals surface area contributed by atoms with Gasteiger partial charge in [-0.05, 0) is 31.0 Å². The number of hydrogen-bond donors (Lipinski definition) is 1. The minimum Gasteiger partial charge on any atom is -0.339 e. The SMILES string of the molecule is CCC(NCCc1nc(C)no1)c1ccc(Cl)cc1Cl. The van der Waals surface area contributed by atoms with Gasteiger partial charge in [-0.3, -0.25) is 0 Å². The third-order valence-electron chi connectivity index (χ3n) is 3.05. The van der Waals surface area contributed by atoms with E-state index in [4.69, 9.17) is 27.7 Å². The summed E-state index contributed by atoms with van der Waals surface area (Å²) < 4.78 is 5.08. The molecule has 1 atom stereocenters. The Labute approximate surface area is 128 Å². The Morgan fingerprint density at radius 3 is 2.75 bits per heavy atom. The fraction of sp³-hybridized carbons (Fsp3) is 0.429. The fourth-order valence-corrected chi connectivity index (χ4v) is 2.59. The largest absolute Gasteiger partial charge is 0.339 e. The van der Waals surface area contributed by atoms with Gasteiger partial charge in [0, 0.05) is 29.1 Å². The van der Waals surface area contributed by atoms with E-state index < -0.39 is 0 Å². The molecule has 0 amide bonds. The van der Waals surface area contributed by atoms with Crippen LogP contribution >= 0.6 is 23.2 Å². The molecule has 1 aromatic heterocycles. The zero-order valence-corrected chi connectivity index (χ0v) is 13.0. The molecule has 0 bridgehead atoms. The number of rotatable bonds is 6. The van der Waals surface area contributed by atoms with Gasteiger partial charge in [0.1, 0.15) is 0 Å². The van der Waals surface area contributed by atoms with E-state index >= 15 is 0 Å². The number of aromatic nitrogens is 2. The topological polar surface area (TPSA) is 51.0 Å². The first-order valence-electron chi connectivity index (χ1n) is 6.57. The van der Waals surface area contributed by atoms with Gasteiger partial charge in [-0.1, -0.05) is 41.3 Å². The van der Waals surface area contributed by atoms with Crippen molar-refractivity contribution >= 4 is 23.2 Å². The Kier molecular flexibility index (Phi) is 5.40. The van der Waals surface area contributed by atoms with Crippen molar-refractivity contribution in [3.8, 4) is 0 Å². The maximum atomic E-state index is 6.24. The molecule has 0 aliphatic carbocycles. The summed E-state index contributed by atoms with van der Waals surface area (Å²) in [5, 5.41) is 8.55. The van der Waals surface area contributed by atoms with E-state index in [1.54, 1.807) is 6.07 Å². The lowest BCUT2D eigenvalue weighted by Crippen LogP contribution is -2.23. The number of hydrogen-bond acceptors (Lipinski definition) is 4. The maximum Gasteiger partial charge on any atom is 0.227 e. The van der Waals surface area contributed by atoms with Crippen LogP contribution in [-0.2, 0) is 6.42 Å². The second-order valence-electron chi connectivity index (χ2n) is 4.57. The first-order valence-corrected chi connectivity index (χ1v) is 7.33. The number of halogens is 2. The van der Waals surface area contributed by atoms with Crippen LogP contribution in [0, 0.1) is 6.92 Å². The van der Waals surface area contributed by atoms with Crippen LogP contribution in [-0.4, -0.2) is 16.7 Å². The van der Waals surface area contributed by atoms with Crippen molar-refractivity contribution < 1.29 is 4.52 Å². The molecule has 0 fully saturated rings. The summed E-state index contributed by atoms with van der Waals surface area (Å²) in [7, 11) is 0. The molecular formula is C14H17Cl2N3O. The van der Waals surface area contributed by atoms with Crippen LogP contribution in [0.1, 0.15) is 36.7 Å². The third-order valence-corrected chi connectivity index (χ3v) is 3.61. The van der Waals surface area contributed by atoms with Crippen LogP contribution in [0.3, 0.4) is 0 Å². The van der Waals surface area contributed by atoms with Gasteiger partial charge in [0.2, 0.25) is 5.89 Å². The minimum atomic E-state index is 0.184. The smallest absolute Gasteiger partial charge is 0.227 e. The molecule has 1 N–H and O–H groups in total. The van der Waals surface area contributed by atoms with Gasteiger partial charge in [-0.2, -0.15) is 4.98 Å². The minimum absolute atomic E-state index is 0.184. The van der Waals surface area contributed by atoms with Crippen molar-refractivity contribution in [2.75, 3.05) is 6.54 Å². The van der Waals surface area contributed by atoms with Crippen molar-refractivity contribution in [3.05, 3.63) is 45.5 Å². The molecule has 2 aromatic rings. The Balaban J connectivity index is 1.95. The quantitative estimate of drug-likeness (QED) is 0.876. The number of nitrogens with one attached hydrogen (secondary N) is 1. The highest BCUT2D eigenvalue weighted by molar-refractivity contribution is 6.35. The van der Waals surface area contributed by atoms with Gasteiger partial charge in [-0.15, -0.1) is 0 Å². The molecule has 0 aliphatic rings. The highest BCUT2D eigenvalue weighted by Crippen LogP contribution is 2.27. The van der Waals surface area contributed by atoms with Gasteiger partial charge >= 0.3 is 0 Å². The molecule has 6 heteroatoms. The molecule has 2 rings (SSSR count). The van der Waals surface area contributed by atoms with Crippen molar-refractivity contribution in [3.63, 3.8) is 0 Å². The number of benzene rings is 1. The molecule has 0 saturated heterocycles. The highest BCUT2D eigenvalue weighted by atomic mass is 35.5. The van der Waals surface area contributed by atoms with Gasteiger partial charge < -0.3 is 9.84 Å². The molecule has 108 valence electrons. The molecule has 4 nitrogen and oxygen atoms in total. The molecular weight excluding hydrogens is 297 g/mol. The van der Waals surface area contributed by atoms with Crippen molar-refractivity contribution in [2.24, 2.45) is 0 Å². The number of nitrogens with zero attached hydrogens (tertiary/aromatic N) is 2. The van der Waals surface area contributed by atoms with Crippen molar-refractivity contribution in [2.45, 2.75) is 32.7 Å². The maximum absolute atomic E-state index is 6.24. The van der Waals surface area contributed by atoms with Gasteiger partial charge in [0.15, 0.2) is 5.82 Å². The van der Waals surface area contributed by atoms with Crippen molar-refractivity contribution in [1.82, 2.24) is 15.5 Å². The molecule has 20 heavy (non-hydrogen) atoms. The average Bonchev–Trinajstić information content (AvgIpc) is 2.81. The predicted octanol–water partition coefficient (Wildman–Crippen LogP) is 3.97. The molecule has 0 saturated carbocycles. The van der Waals surface area contributed by atoms with E-state index in [1.807, 2.05) is 19.1 Å². The summed E-state index contributed by atoms with van der Waals surface area (Å²) in [5.41, 5.74) is 1.06. The predicted molar refractivity (Wildman–Crippen MR) is 80.2 cm³/mol. The summed E-state index contributed by atoms with van der Waals surface area (Å²) in [4.78, 5) is 4.17. The average molecular weight is 314 g/mol. The van der Waals surface area contributed by atoms with Gasteiger partial charge in [-0.25, -0.2) is 0 Å². The van der Waals surface area contributed by atoms with E-state index in [0.717, 1.165) is 18.5 Å². The second kappa shape index (κ2) is 7.07. The van der Waals surface area contributed by atoms with Crippen LogP contribution in [0.2, 0.25) is 10.0 Å². The molecule has 0 spiro atoms. The zero-order chi connectivity index (χ0) is 14.5. The van der Waals surface area contributed by atoms with Crippen LogP contribution in [0.15, 0.2) is 22.7 Å². The van der Waals surface area contributed by atoms with E-state index in [-0.39, 0.29) is 6.04 Å². The monoisotopic (exact) mass is 313 g/mol. The normalized spacial score (nSPS) is 12.6. The Morgan fingerprint density at radius 1 is 1.35 bits per heavy atom. The second-order valence-corrected chi connectivity index (χ2v) is 5.41. The fourth-order valence-electron chi connectivity index (χ4n) is 2.05. The van der Waals surface area contributed by atoms with Crippen LogP contribution < -0.4 is 5.32 Å². The summed E-state index contributed by atoms with van der Waals surface area (Å²) in [6, 6.07) is 5.77.